The van der Waals surface area contributed by atoms with Crippen LogP contribution in [-0.2, 0) is 12.2 Å². The minimum atomic E-state index is 0.206. The number of hydrogen-bond donors (Lipinski definition) is 1. The van der Waals surface area contributed by atoms with E-state index >= 15 is 0 Å². The SMILES string of the molecule is CCSCc1noc(CC(N)C2CC2)n1. The van der Waals surface area contributed by atoms with Gasteiger partial charge in [0.2, 0.25) is 5.89 Å². The van der Waals surface area contributed by atoms with Gasteiger partial charge in [0, 0.05) is 12.5 Å². The van der Waals surface area contributed by atoms with Crippen LogP contribution in [0.4, 0.5) is 0 Å². The van der Waals surface area contributed by atoms with Gasteiger partial charge < -0.3 is 10.3 Å². The lowest BCUT2D eigenvalue weighted by Gasteiger charge is -2.04. The van der Waals surface area contributed by atoms with Crippen LogP contribution in [0.15, 0.2) is 4.52 Å². The van der Waals surface area contributed by atoms with Crippen LogP contribution in [0.25, 0.3) is 0 Å². The number of nitrogens with zero attached hydrogens (tertiary/aromatic N) is 2. The van der Waals surface area contributed by atoms with E-state index in [1.165, 1.54) is 12.8 Å². The molecule has 0 aromatic carbocycles. The molecular formula is C10H17N3OS. The molecule has 0 saturated heterocycles. The molecular weight excluding hydrogens is 210 g/mol. The predicted molar refractivity (Wildman–Crippen MR) is 60.5 cm³/mol. The smallest absolute Gasteiger partial charge is 0.228 e. The summed E-state index contributed by atoms with van der Waals surface area (Å²) in [5, 5.41) is 3.92. The molecule has 1 heterocycles. The van der Waals surface area contributed by atoms with Crippen molar-refractivity contribution in [1.29, 1.82) is 0 Å². The lowest BCUT2D eigenvalue weighted by Crippen LogP contribution is -2.25. The summed E-state index contributed by atoms with van der Waals surface area (Å²) < 4.78 is 5.16. The van der Waals surface area contributed by atoms with E-state index in [1.807, 2.05) is 0 Å². The van der Waals surface area contributed by atoms with Gasteiger partial charge in [0.1, 0.15) is 0 Å². The van der Waals surface area contributed by atoms with Crippen molar-refractivity contribution in [2.24, 2.45) is 11.7 Å². The van der Waals surface area contributed by atoms with Gasteiger partial charge in [-0.15, -0.1) is 0 Å². The predicted octanol–water partition coefficient (Wildman–Crippen LogP) is 1.60. The van der Waals surface area contributed by atoms with Gasteiger partial charge >= 0.3 is 0 Å². The zero-order valence-electron chi connectivity index (χ0n) is 8.98. The maximum Gasteiger partial charge on any atom is 0.228 e. The van der Waals surface area contributed by atoms with Crippen LogP contribution < -0.4 is 5.73 Å². The fourth-order valence-corrected chi connectivity index (χ4v) is 2.02. The summed E-state index contributed by atoms with van der Waals surface area (Å²) >= 11 is 1.80. The molecule has 0 spiro atoms. The molecule has 1 aliphatic rings. The third-order valence-corrected chi connectivity index (χ3v) is 3.45. The molecule has 0 amide bonds. The van der Waals surface area contributed by atoms with Crippen LogP contribution in [0.3, 0.4) is 0 Å². The summed E-state index contributed by atoms with van der Waals surface area (Å²) in [4.78, 5) is 4.32. The molecule has 1 atom stereocenters. The highest BCUT2D eigenvalue weighted by atomic mass is 32.2. The summed E-state index contributed by atoms with van der Waals surface area (Å²) in [7, 11) is 0. The van der Waals surface area contributed by atoms with Crippen molar-refractivity contribution < 1.29 is 4.52 Å². The molecule has 84 valence electrons. The van der Waals surface area contributed by atoms with Crippen LogP contribution in [-0.4, -0.2) is 21.9 Å². The Labute approximate surface area is 94.0 Å². The molecule has 0 aliphatic heterocycles. The normalized spacial score (nSPS) is 18.0. The van der Waals surface area contributed by atoms with Gasteiger partial charge in [0.15, 0.2) is 5.82 Å². The van der Waals surface area contributed by atoms with Gasteiger partial charge in [-0.2, -0.15) is 16.7 Å². The van der Waals surface area contributed by atoms with E-state index in [2.05, 4.69) is 17.1 Å². The first-order valence-corrected chi connectivity index (χ1v) is 6.60. The van der Waals surface area contributed by atoms with Crippen molar-refractivity contribution in [2.45, 2.75) is 38.0 Å². The van der Waals surface area contributed by atoms with Crippen molar-refractivity contribution >= 4 is 11.8 Å². The van der Waals surface area contributed by atoms with Crippen LogP contribution in [0, 0.1) is 5.92 Å². The maximum absolute atomic E-state index is 5.99. The number of rotatable bonds is 6. The first-order chi connectivity index (χ1) is 7.29. The van der Waals surface area contributed by atoms with Gasteiger partial charge in [-0.3, -0.25) is 0 Å². The number of thioether (sulfide) groups is 1. The first kappa shape index (κ1) is 11.0. The summed E-state index contributed by atoms with van der Waals surface area (Å²) in [5.41, 5.74) is 5.99. The minimum absolute atomic E-state index is 0.206. The van der Waals surface area contributed by atoms with E-state index in [4.69, 9.17) is 10.3 Å². The van der Waals surface area contributed by atoms with E-state index in [1.54, 1.807) is 11.8 Å². The van der Waals surface area contributed by atoms with Crippen molar-refractivity contribution in [3.05, 3.63) is 11.7 Å². The molecule has 15 heavy (non-hydrogen) atoms. The van der Waals surface area contributed by atoms with E-state index in [-0.39, 0.29) is 6.04 Å². The van der Waals surface area contributed by atoms with Gasteiger partial charge in [0.25, 0.3) is 0 Å². The molecule has 2 rings (SSSR count). The topological polar surface area (TPSA) is 64.9 Å². The molecule has 1 aromatic rings. The Morgan fingerprint density at radius 2 is 2.40 bits per heavy atom. The first-order valence-electron chi connectivity index (χ1n) is 5.44. The third-order valence-electron chi connectivity index (χ3n) is 2.58. The fourth-order valence-electron chi connectivity index (χ4n) is 1.52. The van der Waals surface area contributed by atoms with E-state index in [0.29, 0.717) is 11.8 Å². The summed E-state index contributed by atoms with van der Waals surface area (Å²) in [6.07, 6.45) is 3.25. The second kappa shape index (κ2) is 4.99. The molecule has 1 saturated carbocycles. The zero-order chi connectivity index (χ0) is 10.7. The molecule has 0 radical (unpaired) electrons. The number of nitrogens with two attached hydrogens (primary N) is 1. The lowest BCUT2D eigenvalue weighted by molar-refractivity contribution is 0.360. The summed E-state index contributed by atoms with van der Waals surface area (Å²) in [5.74, 6) is 4.08. The Balaban J connectivity index is 1.83. The summed E-state index contributed by atoms with van der Waals surface area (Å²) in [6, 6.07) is 0.206. The molecule has 2 N–H and O–H groups in total. The molecule has 1 aromatic heterocycles. The second-order valence-corrected chi connectivity index (χ2v) is 5.22. The molecule has 1 aliphatic carbocycles. The van der Waals surface area contributed by atoms with Crippen molar-refractivity contribution in [2.75, 3.05) is 5.75 Å². The number of aromatic nitrogens is 2. The quantitative estimate of drug-likeness (QED) is 0.799. The highest BCUT2D eigenvalue weighted by Gasteiger charge is 2.29. The molecule has 1 unspecified atom stereocenters. The Kier molecular flexibility index (Phi) is 3.64. The largest absolute Gasteiger partial charge is 0.339 e. The van der Waals surface area contributed by atoms with E-state index in [0.717, 1.165) is 23.8 Å². The van der Waals surface area contributed by atoms with E-state index in [9.17, 15) is 0 Å². The molecule has 1 fully saturated rings. The van der Waals surface area contributed by atoms with Gasteiger partial charge in [-0.25, -0.2) is 0 Å². The highest BCUT2D eigenvalue weighted by Crippen LogP contribution is 2.32. The Morgan fingerprint density at radius 3 is 3.07 bits per heavy atom. The second-order valence-electron chi connectivity index (χ2n) is 3.95. The third kappa shape index (κ3) is 3.21. The van der Waals surface area contributed by atoms with Crippen molar-refractivity contribution in [3.8, 4) is 0 Å². The average molecular weight is 227 g/mol. The monoisotopic (exact) mass is 227 g/mol. The average Bonchev–Trinajstić information content (AvgIpc) is 2.99. The fraction of sp³-hybridized carbons (Fsp3) is 0.800. The minimum Gasteiger partial charge on any atom is -0.339 e. The number of hydrogen-bond acceptors (Lipinski definition) is 5. The zero-order valence-corrected chi connectivity index (χ0v) is 9.80. The Hall–Kier alpha value is -0.550. The van der Waals surface area contributed by atoms with Crippen molar-refractivity contribution in [1.82, 2.24) is 10.1 Å². The highest BCUT2D eigenvalue weighted by molar-refractivity contribution is 7.98. The van der Waals surface area contributed by atoms with Crippen LogP contribution >= 0.6 is 11.8 Å². The lowest BCUT2D eigenvalue weighted by atomic mass is 10.1. The van der Waals surface area contributed by atoms with Gasteiger partial charge in [-0.1, -0.05) is 12.1 Å². The van der Waals surface area contributed by atoms with E-state index < -0.39 is 0 Å². The van der Waals surface area contributed by atoms with Crippen molar-refractivity contribution in [3.63, 3.8) is 0 Å². The van der Waals surface area contributed by atoms with Crippen LogP contribution in [0.5, 0.6) is 0 Å². The standard InChI is InChI=1S/C10H17N3OS/c1-2-15-6-9-12-10(14-13-9)5-8(11)7-3-4-7/h7-8H,2-6,11H2,1H3. The summed E-state index contributed by atoms with van der Waals surface area (Å²) in [6.45, 7) is 2.12. The molecule has 4 nitrogen and oxygen atoms in total. The Bertz CT molecular complexity index is 311. The molecule has 0 bridgehead atoms. The van der Waals surface area contributed by atoms with Gasteiger partial charge in [0.05, 0.1) is 5.75 Å². The van der Waals surface area contributed by atoms with Crippen LogP contribution in [0.1, 0.15) is 31.5 Å². The Morgan fingerprint density at radius 1 is 1.60 bits per heavy atom. The molecule has 5 heteroatoms. The van der Waals surface area contributed by atoms with Crippen LogP contribution in [0.2, 0.25) is 0 Å². The van der Waals surface area contributed by atoms with Gasteiger partial charge in [-0.05, 0) is 24.5 Å². The maximum atomic E-state index is 5.99.